The molecular formula is C8H18MgO2. The van der Waals surface area contributed by atoms with Gasteiger partial charge in [-0.1, -0.05) is 13.8 Å². The molecule has 0 N–H and O–H groups in total. The molecule has 11 heavy (non-hydrogen) atoms. The molecule has 0 aromatic carbocycles. The minimum Gasteiger partial charge on any atom is -0.377 e. The topological polar surface area (TPSA) is 18.5 Å². The largest absolute Gasteiger partial charge is 0.377 e. The highest BCUT2D eigenvalue weighted by Gasteiger charge is 1.94. The standard InChI is InChI=1S/C4H8O2.2C2H5.Mg/c1-2-6-4-3-5-1;2*1-2;/h1-4H2;2*1H2,2H3;. The van der Waals surface area contributed by atoms with Crippen molar-refractivity contribution in [3.8, 4) is 0 Å². The Balaban J connectivity index is 0.000000187. The highest BCUT2D eigenvalue weighted by molar-refractivity contribution is 6.34. The third-order valence-electron chi connectivity index (χ3n) is 1.45. The quantitative estimate of drug-likeness (QED) is 0.586. The highest BCUT2D eigenvalue weighted by atomic mass is 24.5. The number of hydrogen-bond acceptors (Lipinski definition) is 2. The minimum atomic E-state index is 0.432. The zero-order valence-electron chi connectivity index (χ0n) is 7.77. The van der Waals surface area contributed by atoms with E-state index in [0.717, 1.165) is 26.4 Å². The molecule has 2 nitrogen and oxygen atoms in total. The van der Waals surface area contributed by atoms with Crippen LogP contribution in [0.25, 0.3) is 0 Å². The van der Waals surface area contributed by atoms with Crippen molar-refractivity contribution in [2.24, 2.45) is 0 Å². The second kappa shape index (κ2) is 10.7. The maximum Gasteiger partial charge on any atom is 0.363 e. The summed E-state index contributed by atoms with van der Waals surface area (Å²) in [5, 5.41) is 0. The van der Waals surface area contributed by atoms with Crippen LogP contribution in [0.15, 0.2) is 0 Å². The second-order valence-electron chi connectivity index (χ2n) is 2.58. The van der Waals surface area contributed by atoms with E-state index in [1.165, 1.54) is 9.10 Å². The second-order valence-corrected chi connectivity index (χ2v) is 5.29. The molecule has 0 bridgehead atoms. The first-order valence-corrected chi connectivity index (χ1v) is 6.57. The van der Waals surface area contributed by atoms with E-state index in [9.17, 15) is 0 Å². The van der Waals surface area contributed by atoms with Crippen molar-refractivity contribution in [2.45, 2.75) is 22.9 Å². The molecular weight excluding hydrogens is 152 g/mol. The van der Waals surface area contributed by atoms with Gasteiger partial charge in [-0.3, -0.25) is 0 Å². The van der Waals surface area contributed by atoms with Crippen molar-refractivity contribution in [1.82, 2.24) is 0 Å². The predicted octanol–water partition coefficient (Wildman–Crippen LogP) is 1.60. The summed E-state index contributed by atoms with van der Waals surface area (Å²) < 4.78 is 12.9. The molecule has 1 saturated heterocycles. The Labute approximate surface area is 79.4 Å². The van der Waals surface area contributed by atoms with Crippen LogP contribution in [0.5, 0.6) is 0 Å². The minimum absolute atomic E-state index is 0.432. The Morgan fingerprint density at radius 2 is 1.27 bits per heavy atom. The zero-order valence-corrected chi connectivity index (χ0v) is 9.18. The summed E-state index contributed by atoms with van der Waals surface area (Å²) in [4.78, 5) is 0. The summed E-state index contributed by atoms with van der Waals surface area (Å²) in [6.45, 7) is 7.66. The van der Waals surface area contributed by atoms with Crippen molar-refractivity contribution in [2.75, 3.05) is 26.4 Å². The fraction of sp³-hybridized carbons (Fsp3) is 1.00. The molecule has 0 aromatic heterocycles. The average Bonchev–Trinajstić information content (AvgIpc) is 2.10. The number of hydrogen-bond donors (Lipinski definition) is 0. The SMILES string of the molecule is C1COCCO1.C[CH2][Mg][CH2]C. The molecule has 0 amide bonds. The van der Waals surface area contributed by atoms with Crippen molar-refractivity contribution in [3.05, 3.63) is 0 Å². The van der Waals surface area contributed by atoms with Crippen LogP contribution in [0.4, 0.5) is 0 Å². The van der Waals surface area contributed by atoms with Crippen LogP contribution < -0.4 is 0 Å². The molecule has 0 radical (unpaired) electrons. The molecule has 0 saturated carbocycles. The molecule has 0 aromatic rings. The first-order valence-electron chi connectivity index (χ1n) is 4.57. The summed E-state index contributed by atoms with van der Waals surface area (Å²) >= 11 is 0.432. The Morgan fingerprint density at radius 1 is 0.909 bits per heavy atom. The molecule has 0 aliphatic carbocycles. The van der Waals surface area contributed by atoms with Gasteiger partial charge >= 0.3 is 20.4 Å². The van der Waals surface area contributed by atoms with Gasteiger partial charge in [-0.25, -0.2) is 0 Å². The van der Waals surface area contributed by atoms with Crippen molar-refractivity contribution >= 4 is 20.4 Å². The molecule has 1 rings (SSSR count). The molecule has 1 heterocycles. The van der Waals surface area contributed by atoms with Gasteiger partial charge in [-0.05, 0) is 0 Å². The molecule has 3 heteroatoms. The van der Waals surface area contributed by atoms with E-state index < -0.39 is 0 Å². The molecule has 0 unspecified atom stereocenters. The van der Waals surface area contributed by atoms with Crippen molar-refractivity contribution in [3.63, 3.8) is 0 Å². The summed E-state index contributed by atoms with van der Waals surface area (Å²) in [5.74, 6) is 0. The smallest absolute Gasteiger partial charge is 0.363 e. The van der Waals surface area contributed by atoms with Gasteiger partial charge < -0.3 is 9.47 Å². The van der Waals surface area contributed by atoms with E-state index in [2.05, 4.69) is 13.8 Å². The van der Waals surface area contributed by atoms with Gasteiger partial charge in [0.1, 0.15) is 0 Å². The van der Waals surface area contributed by atoms with Gasteiger partial charge in [-0.15, -0.1) is 9.10 Å². The van der Waals surface area contributed by atoms with E-state index >= 15 is 0 Å². The Hall–Kier alpha value is 0.686. The van der Waals surface area contributed by atoms with Crippen LogP contribution in [0.3, 0.4) is 0 Å². The third-order valence-corrected chi connectivity index (χ3v) is 2.87. The molecule has 64 valence electrons. The fourth-order valence-electron chi connectivity index (χ4n) is 0.793. The van der Waals surface area contributed by atoms with Crippen molar-refractivity contribution in [1.29, 1.82) is 0 Å². The van der Waals surface area contributed by atoms with E-state index in [4.69, 9.17) is 9.47 Å². The summed E-state index contributed by atoms with van der Waals surface area (Å²) in [7, 11) is 0. The predicted molar refractivity (Wildman–Crippen MR) is 48.4 cm³/mol. The summed E-state index contributed by atoms with van der Waals surface area (Å²) in [5.41, 5.74) is 0. The van der Waals surface area contributed by atoms with Crippen LogP contribution in [-0.4, -0.2) is 46.8 Å². The highest BCUT2D eigenvalue weighted by Crippen LogP contribution is 1.85. The summed E-state index contributed by atoms with van der Waals surface area (Å²) in [6.07, 6.45) is 0. The van der Waals surface area contributed by atoms with Crippen LogP contribution in [0.2, 0.25) is 9.10 Å². The Morgan fingerprint density at radius 3 is 1.36 bits per heavy atom. The van der Waals surface area contributed by atoms with Gasteiger partial charge in [-0.2, -0.15) is 0 Å². The van der Waals surface area contributed by atoms with Crippen LogP contribution in [0.1, 0.15) is 13.8 Å². The molecule has 1 aliphatic heterocycles. The van der Waals surface area contributed by atoms with Crippen LogP contribution in [-0.2, 0) is 9.47 Å². The van der Waals surface area contributed by atoms with E-state index in [0.29, 0.717) is 20.4 Å². The molecule has 0 atom stereocenters. The van der Waals surface area contributed by atoms with Crippen LogP contribution >= 0.6 is 0 Å². The lowest BCUT2D eigenvalue weighted by atomic mass is 10.6. The maximum absolute atomic E-state index is 4.94. The van der Waals surface area contributed by atoms with Gasteiger partial charge in [0.05, 0.1) is 26.4 Å². The molecule has 0 spiro atoms. The number of ether oxygens (including phenoxy) is 2. The normalized spacial score (nSPS) is 16.2. The number of rotatable bonds is 2. The van der Waals surface area contributed by atoms with Gasteiger partial charge in [0.15, 0.2) is 0 Å². The van der Waals surface area contributed by atoms with Crippen molar-refractivity contribution < 1.29 is 9.47 Å². The molecule has 1 aliphatic rings. The lowest BCUT2D eigenvalue weighted by Crippen LogP contribution is -2.16. The molecule has 1 fully saturated rings. The Kier molecular flexibility index (Phi) is 11.4. The lowest BCUT2D eigenvalue weighted by Gasteiger charge is -2.09. The summed E-state index contributed by atoms with van der Waals surface area (Å²) in [6, 6.07) is 0. The lowest BCUT2D eigenvalue weighted by molar-refractivity contribution is -0.0334. The zero-order chi connectivity index (χ0) is 8.36. The first kappa shape index (κ1) is 11.7. The van der Waals surface area contributed by atoms with E-state index in [-0.39, 0.29) is 0 Å². The van der Waals surface area contributed by atoms with Crippen LogP contribution in [0, 0.1) is 0 Å². The van der Waals surface area contributed by atoms with E-state index in [1.807, 2.05) is 0 Å². The third kappa shape index (κ3) is 10.7. The monoisotopic (exact) mass is 170 g/mol. The van der Waals surface area contributed by atoms with E-state index in [1.54, 1.807) is 0 Å². The fourth-order valence-corrected chi connectivity index (χ4v) is 1.50. The Bertz CT molecular complexity index is 51.6. The maximum atomic E-state index is 4.94. The van der Waals surface area contributed by atoms with Gasteiger partial charge in [0, 0.05) is 0 Å². The van der Waals surface area contributed by atoms with Gasteiger partial charge in [0.25, 0.3) is 0 Å². The first-order chi connectivity index (χ1) is 5.41. The van der Waals surface area contributed by atoms with Gasteiger partial charge in [0.2, 0.25) is 0 Å². The average molecular weight is 171 g/mol.